The molecular weight excluding hydrogens is 418 g/mol. The Morgan fingerprint density at radius 2 is 1.61 bits per heavy atom. The van der Waals surface area contributed by atoms with E-state index in [0.717, 1.165) is 16.9 Å². The van der Waals surface area contributed by atoms with Crippen LogP contribution in [0.15, 0.2) is 78.9 Å². The molecule has 0 saturated carbocycles. The van der Waals surface area contributed by atoms with Crippen LogP contribution in [0.4, 0.5) is 5.69 Å². The van der Waals surface area contributed by atoms with Gasteiger partial charge in [-0.15, -0.1) is 0 Å². The minimum atomic E-state index is -0.767. The maximum Gasteiger partial charge on any atom is 0.254 e. The Kier molecular flexibility index (Phi) is 6.99. The zero-order chi connectivity index (χ0) is 23.0. The molecule has 0 spiro atoms. The van der Waals surface area contributed by atoms with Crippen LogP contribution in [0.5, 0.6) is 5.75 Å². The van der Waals surface area contributed by atoms with Gasteiger partial charge >= 0.3 is 0 Å². The summed E-state index contributed by atoms with van der Waals surface area (Å²) in [7, 11) is 0. The first-order chi connectivity index (χ1) is 16.1. The molecule has 3 aromatic rings. The normalized spacial score (nSPS) is 15.0. The summed E-state index contributed by atoms with van der Waals surface area (Å²) in [5.41, 5.74) is 2.92. The van der Waals surface area contributed by atoms with Gasteiger partial charge in [0.15, 0.2) is 0 Å². The van der Waals surface area contributed by atoms with Crippen LogP contribution in [0.3, 0.4) is 0 Å². The van der Waals surface area contributed by atoms with Gasteiger partial charge in [-0.1, -0.05) is 54.6 Å². The highest BCUT2D eigenvalue weighted by Crippen LogP contribution is 2.19. The Bertz CT molecular complexity index is 1130. The van der Waals surface area contributed by atoms with Gasteiger partial charge in [-0.3, -0.25) is 14.4 Å². The smallest absolute Gasteiger partial charge is 0.254 e. The van der Waals surface area contributed by atoms with Gasteiger partial charge in [0, 0.05) is 13.0 Å². The van der Waals surface area contributed by atoms with Gasteiger partial charge < -0.3 is 20.7 Å². The van der Waals surface area contributed by atoms with Crippen LogP contribution in [0.25, 0.3) is 0 Å². The van der Waals surface area contributed by atoms with Crippen molar-refractivity contribution in [3.05, 3.63) is 95.6 Å². The molecule has 3 aromatic carbocycles. The lowest BCUT2D eigenvalue weighted by Gasteiger charge is -2.14. The van der Waals surface area contributed by atoms with Crippen LogP contribution >= 0.6 is 0 Å². The summed E-state index contributed by atoms with van der Waals surface area (Å²) in [6.45, 7) is 0.861. The van der Waals surface area contributed by atoms with Crippen LogP contribution < -0.4 is 20.7 Å². The van der Waals surface area contributed by atoms with E-state index in [9.17, 15) is 14.4 Å². The molecule has 7 heteroatoms. The topological polar surface area (TPSA) is 96.5 Å². The Balaban J connectivity index is 1.22. The number of carbonyl (C=O) groups is 3. The highest BCUT2D eigenvalue weighted by atomic mass is 16.5. The van der Waals surface area contributed by atoms with Gasteiger partial charge in [0.05, 0.1) is 11.3 Å². The number of ether oxygens (including phenoxy) is 1. The number of hydrogen-bond donors (Lipinski definition) is 3. The van der Waals surface area contributed by atoms with Crippen molar-refractivity contribution in [1.82, 2.24) is 10.6 Å². The van der Waals surface area contributed by atoms with E-state index in [1.54, 1.807) is 24.3 Å². The number of rotatable bonds is 8. The van der Waals surface area contributed by atoms with Crippen molar-refractivity contribution in [3.8, 4) is 5.75 Å². The van der Waals surface area contributed by atoms with Gasteiger partial charge in [-0.25, -0.2) is 0 Å². The number of anilines is 1. The predicted molar refractivity (Wildman–Crippen MR) is 125 cm³/mol. The van der Waals surface area contributed by atoms with Crippen LogP contribution in [-0.2, 0) is 22.7 Å². The van der Waals surface area contributed by atoms with Crippen LogP contribution in [0.1, 0.15) is 34.3 Å². The van der Waals surface area contributed by atoms with Crippen molar-refractivity contribution in [2.24, 2.45) is 0 Å². The summed E-state index contributed by atoms with van der Waals surface area (Å²) in [6, 6.07) is 23.5. The Morgan fingerprint density at radius 1 is 0.879 bits per heavy atom. The monoisotopic (exact) mass is 443 g/mol. The molecule has 0 radical (unpaired) electrons. The molecule has 0 aliphatic carbocycles. The number of benzene rings is 3. The lowest BCUT2D eigenvalue weighted by atomic mass is 10.1. The standard InChI is InChI=1S/C26H25N3O4/c30-24(15-14-23-26(32)28-22-9-5-4-8-21(22)25(31)29-23)27-16-18-10-12-20(13-11-18)33-17-19-6-2-1-3-7-19/h1-13,23H,14-17H2,(H,27,30)(H,28,32)(H,29,31). The van der Waals surface area contributed by atoms with Gasteiger partial charge in [0.25, 0.3) is 5.91 Å². The summed E-state index contributed by atoms with van der Waals surface area (Å²) in [4.78, 5) is 37.1. The van der Waals surface area contributed by atoms with Crippen molar-refractivity contribution in [2.75, 3.05) is 5.32 Å². The first-order valence-electron chi connectivity index (χ1n) is 10.8. The predicted octanol–water partition coefficient (Wildman–Crippen LogP) is 3.41. The molecule has 1 aliphatic rings. The molecule has 33 heavy (non-hydrogen) atoms. The summed E-state index contributed by atoms with van der Waals surface area (Å²) in [5.74, 6) is -0.0932. The molecule has 0 aromatic heterocycles. The summed E-state index contributed by atoms with van der Waals surface area (Å²) in [6.07, 6.45) is 0.330. The lowest BCUT2D eigenvalue weighted by Crippen LogP contribution is -2.42. The van der Waals surface area contributed by atoms with E-state index in [1.807, 2.05) is 54.6 Å². The number of fused-ring (bicyclic) bond motifs is 1. The molecular formula is C26H25N3O4. The Morgan fingerprint density at radius 3 is 2.39 bits per heavy atom. The molecule has 3 amide bonds. The number of nitrogens with one attached hydrogen (secondary N) is 3. The minimum Gasteiger partial charge on any atom is -0.489 e. The molecule has 4 rings (SSSR count). The zero-order valence-corrected chi connectivity index (χ0v) is 18.0. The van der Waals surface area contributed by atoms with E-state index in [1.165, 1.54) is 0 Å². The molecule has 7 nitrogen and oxygen atoms in total. The van der Waals surface area contributed by atoms with Gasteiger partial charge in [0.2, 0.25) is 11.8 Å². The summed E-state index contributed by atoms with van der Waals surface area (Å²) >= 11 is 0. The molecule has 1 aliphatic heterocycles. The maximum atomic E-state index is 12.4. The quantitative estimate of drug-likeness (QED) is 0.497. The van der Waals surface area contributed by atoms with Crippen molar-refractivity contribution in [3.63, 3.8) is 0 Å². The fourth-order valence-electron chi connectivity index (χ4n) is 3.52. The average molecular weight is 444 g/mol. The second-order valence-electron chi connectivity index (χ2n) is 7.79. The maximum absolute atomic E-state index is 12.4. The number of para-hydroxylation sites is 1. The number of hydrogen-bond acceptors (Lipinski definition) is 4. The first kappa shape index (κ1) is 22.1. The fraction of sp³-hybridized carbons (Fsp3) is 0.192. The third-order valence-electron chi connectivity index (χ3n) is 5.37. The molecule has 3 N–H and O–H groups in total. The zero-order valence-electron chi connectivity index (χ0n) is 18.0. The molecule has 168 valence electrons. The SMILES string of the molecule is O=C(CCC1NC(=O)c2ccccc2NC1=O)NCc1ccc(OCc2ccccc2)cc1. The highest BCUT2D eigenvalue weighted by Gasteiger charge is 2.27. The Labute approximate surface area is 192 Å². The molecule has 0 saturated heterocycles. The third-order valence-corrected chi connectivity index (χ3v) is 5.37. The van der Waals surface area contributed by atoms with Gasteiger partial charge in [-0.2, -0.15) is 0 Å². The van der Waals surface area contributed by atoms with E-state index in [4.69, 9.17) is 4.74 Å². The van der Waals surface area contributed by atoms with Crippen molar-refractivity contribution in [1.29, 1.82) is 0 Å². The molecule has 1 unspecified atom stereocenters. The van der Waals surface area contributed by atoms with Crippen LogP contribution in [0.2, 0.25) is 0 Å². The van der Waals surface area contributed by atoms with E-state index in [0.29, 0.717) is 24.4 Å². The van der Waals surface area contributed by atoms with E-state index in [2.05, 4.69) is 16.0 Å². The van der Waals surface area contributed by atoms with Crippen LogP contribution in [-0.4, -0.2) is 23.8 Å². The molecule has 0 bridgehead atoms. The largest absolute Gasteiger partial charge is 0.489 e. The third kappa shape index (κ3) is 5.98. The fourth-order valence-corrected chi connectivity index (χ4v) is 3.52. The average Bonchev–Trinajstić information content (AvgIpc) is 2.97. The molecule has 0 fully saturated rings. The molecule has 1 atom stereocenters. The lowest BCUT2D eigenvalue weighted by molar-refractivity contribution is -0.122. The molecule has 1 heterocycles. The second kappa shape index (κ2) is 10.5. The van der Waals surface area contributed by atoms with Crippen molar-refractivity contribution in [2.45, 2.75) is 32.0 Å². The van der Waals surface area contributed by atoms with Crippen LogP contribution in [0, 0.1) is 0 Å². The van der Waals surface area contributed by atoms with Crippen molar-refractivity contribution >= 4 is 23.4 Å². The summed E-state index contributed by atoms with van der Waals surface area (Å²) < 4.78 is 5.77. The highest BCUT2D eigenvalue weighted by molar-refractivity contribution is 6.09. The van der Waals surface area contributed by atoms with Crippen molar-refractivity contribution < 1.29 is 19.1 Å². The number of amides is 3. The van der Waals surface area contributed by atoms with E-state index in [-0.39, 0.29) is 30.6 Å². The second-order valence-corrected chi connectivity index (χ2v) is 7.79. The van der Waals surface area contributed by atoms with Gasteiger partial charge in [0.1, 0.15) is 18.4 Å². The van der Waals surface area contributed by atoms with Gasteiger partial charge in [-0.05, 0) is 41.8 Å². The Hall–Kier alpha value is -4.13. The van der Waals surface area contributed by atoms with E-state index >= 15 is 0 Å². The minimum absolute atomic E-state index is 0.118. The summed E-state index contributed by atoms with van der Waals surface area (Å²) in [5, 5.41) is 8.29. The first-order valence-corrected chi connectivity index (χ1v) is 10.8. The van der Waals surface area contributed by atoms with E-state index < -0.39 is 6.04 Å². The number of carbonyl (C=O) groups excluding carboxylic acids is 3.